The Kier molecular flexibility index (Phi) is 6.84. The molecule has 3 aliphatic heterocycles. The first-order chi connectivity index (χ1) is 16.7. The highest BCUT2D eigenvalue weighted by molar-refractivity contribution is 5.84. The predicted octanol–water partition coefficient (Wildman–Crippen LogP) is 2.48. The van der Waals surface area contributed by atoms with Gasteiger partial charge in [-0.25, -0.2) is 0 Å². The highest BCUT2D eigenvalue weighted by atomic mass is 19.4. The summed E-state index contributed by atoms with van der Waals surface area (Å²) in [6.45, 7) is 6.54. The number of rotatable bonds is 5. The van der Waals surface area contributed by atoms with Crippen molar-refractivity contribution >= 4 is 5.91 Å². The van der Waals surface area contributed by atoms with Gasteiger partial charge in [0.25, 0.3) is 0 Å². The fourth-order valence-electron chi connectivity index (χ4n) is 6.68. The van der Waals surface area contributed by atoms with Crippen LogP contribution in [0.3, 0.4) is 0 Å². The van der Waals surface area contributed by atoms with Gasteiger partial charge < -0.3 is 24.6 Å². The Bertz CT molecular complexity index is 945. The summed E-state index contributed by atoms with van der Waals surface area (Å²) in [5.74, 6) is 0.315. The molecule has 5 rings (SSSR count). The van der Waals surface area contributed by atoms with Crippen molar-refractivity contribution in [1.29, 1.82) is 0 Å². The molecule has 0 aromatic carbocycles. The molecule has 1 N–H and O–H groups in total. The van der Waals surface area contributed by atoms with Gasteiger partial charge in [-0.2, -0.15) is 13.2 Å². The number of nitrogens with one attached hydrogen (secondary N) is 1. The second-order valence-corrected chi connectivity index (χ2v) is 10.5. The Morgan fingerprint density at radius 2 is 2.23 bits per heavy atom. The Morgan fingerprint density at radius 1 is 1.40 bits per heavy atom. The highest BCUT2D eigenvalue weighted by Crippen LogP contribution is 2.50. The van der Waals surface area contributed by atoms with E-state index in [1.54, 1.807) is 12.0 Å². The Balaban J connectivity index is 1.34. The highest BCUT2D eigenvalue weighted by Gasteiger charge is 2.58. The molecular weight excluding hydrogens is 461 g/mol. The van der Waals surface area contributed by atoms with E-state index >= 15 is 0 Å². The number of alkyl halides is 3. The average Bonchev–Trinajstić information content (AvgIpc) is 3.37. The minimum absolute atomic E-state index is 0.00286. The molecular formula is C25H35F3N4O3. The van der Waals surface area contributed by atoms with E-state index in [0.717, 1.165) is 38.5 Å². The number of hydrogen-bond acceptors (Lipinski definition) is 6. The zero-order chi connectivity index (χ0) is 24.8. The van der Waals surface area contributed by atoms with Gasteiger partial charge in [0.15, 0.2) is 0 Å². The molecule has 0 unspecified atom stereocenters. The van der Waals surface area contributed by atoms with Crippen LogP contribution in [0.1, 0.15) is 43.0 Å². The lowest BCUT2D eigenvalue weighted by atomic mass is 9.78. The first kappa shape index (κ1) is 24.9. The quantitative estimate of drug-likeness (QED) is 0.676. The molecule has 1 aromatic heterocycles. The molecule has 1 aliphatic carbocycles. The number of carbonyl (C=O) groups is 1. The lowest BCUT2D eigenvalue weighted by molar-refractivity contribution is -0.144. The maximum Gasteiger partial charge on any atom is 0.417 e. The van der Waals surface area contributed by atoms with E-state index in [9.17, 15) is 18.0 Å². The third-order valence-electron chi connectivity index (χ3n) is 8.53. The molecule has 4 heterocycles. The number of pyridine rings is 1. The molecule has 35 heavy (non-hydrogen) atoms. The van der Waals surface area contributed by atoms with Crippen molar-refractivity contribution in [3.05, 3.63) is 29.1 Å². The Hall–Kier alpha value is -1.75. The van der Waals surface area contributed by atoms with E-state index in [1.165, 1.54) is 6.07 Å². The number of amides is 1. The standard InChI is InChI=1S/C25H35F3N4O3/c1-3-31-13-18-9-19(30-21-5-7-35-14-22(21)34-2)10-24(18,15-31)23(33)32-6-4-20-16(12-32)8-17(11-29-20)25(26,27)28/h8,11,18-19,21-22,30H,3-7,9-10,12-15H2,1-2H3/t18-,19+,21-,22+,24-/m0/s1. The SMILES string of the molecule is CCN1C[C@@H]2C[C@@H](N[C@H]3CCOC[C@H]3OC)C[C@]2(C(=O)N2CCc3ncc(C(F)(F)F)cc3C2)C1. The lowest BCUT2D eigenvalue weighted by Gasteiger charge is -2.38. The van der Waals surface area contributed by atoms with Crippen LogP contribution in [0.4, 0.5) is 13.2 Å². The van der Waals surface area contributed by atoms with Crippen molar-refractivity contribution in [2.24, 2.45) is 11.3 Å². The van der Waals surface area contributed by atoms with Gasteiger partial charge in [-0.05, 0) is 43.4 Å². The summed E-state index contributed by atoms with van der Waals surface area (Å²) < 4.78 is 50.9. The van der Waals surface area contributed by atoms with Crippen molar-refractivity contribution < 1.29 is 27.4 Å². The number of fused-ring (bicyclic) bond motifs is 2. The van der Waals surface area contributed by atoms with Crippen molar-refractivity contribution in [2.75, 3.05) is 46.5 Å². The van der Waals surface area contributed by atoms with Crippen molar-refractivity contribution in [3.8, 4) is 0 Å². The minimum atomic E-state index is -4.44. The van der Waals surface area contributed by atoms with E-state index in [2.05, 4.69) is 22.1 Å². The molecule has 5 atom stereocenters. The summed E-state index contributed by atoms with van der Waals surface area (Å²) >= 11 is 0. The minimum Gasteiger partial charge on any atom is -0.379 e. The van der Waals surface area contributed by atoms with Gasteiger partial charge in [-0.15, -0.1) is 0 Å². The van der Waals surface area contributed by atoms with Gasteiger partial charge in [0.1, 0.15) is 0 Å². The van der Waals surface area contributed by atoms with Crippen LogP contribution in [0, 0.1) is 11.3 Å². The number of likely N-dealkylation sites (tertiary alicyclic amines) is 1. The van der Waals surface area contributed by atoms with E-state index < -0.39 is 17.2 Å². The third kappa shape index (κ3) is 4.70. The van der Waals surface area contributed by atoms with E-state index in [4.69, 9.17) is 9.47 Å². The van der Waals surface area contributed by atoms with Crippen LogP contribution in [-0.4, -0.2) is 85.4 Å². The smallest absolute Gasteiger partial charge is 0.379 e. The summed E-state index contributed by atoms with van der Waals surface area (Å²) in [6, 6.07) is 1.57. The third-order valence-corrected chi connectivity index (χ3v) is 8.53. The number of carbonyl (C=O) groups excluding carboxylic acids is 1. The first-order valence-electron chi connectivity index (χ1n) is 12.7. The van der Waals surface area contributed by atoms with Crippen LogP contribution in [0.15, 0.2) is 12.3 Å². The molecule has 1 saturated carbocycles. The van der Waals surface area contributed by atoms with Crippen molar-refractivity contribution in [2.45, 2.75) is 63.5 Å². The molecule has 2 saturated heterocycles. The second kappa shape index (κ2) is 9.61. The van der Waals surface area contributed by atoms with Gasteiger partial charge in [0.05, 0.1) is 23.7 Å². The molecule has 0 bridgehead atoms. The predicted molar refractivity (Wildman–Crippen MR) is 123 cm³/mol. The van der Waals surface area contributed by atoms with E-state index in [1.807, 2.05) is 0 Å². The van der Waals surface area contributed by atoms with Gasteiger partial charge >= 0.3 is 6.18 Å². The lowest BCUT2D eigenvalue weighted by Crippen LogP contribution is -2.52. The maximum atomic E-state index is 14.1. The zero-order valence-electron chi connectivity index (χ0n) is 20.4. The molecule has 3 fully saturated rings. The van der Waals surface area contributed by atoms with Crippen LogP contribution in [0.2, 0.25) is 0 Å². The number of ether oxygens (including phenoxy) is 2. The molecule has 1 aromatic rings. The van der Waals surface area contributed by atoms with Crippen LogP contribution >= 0.6 is 0 Å². The number of halogens is 3. The van der Waals surface area contributed by atoms with E-state index in [0.29, 0.717) is 44.0 Å². The van der Waals surface area contributed by atoms with Gasteiger partial charge in [0, 0.05) is 70.3 Å². The van der Waals surface area contributed by atoms with Gasteiger partial charge in [-0.1, -0.05) is 6.92 Å². The number of aromatic nitrogens is 1. The maximum absolute atomic E-state index is 14.1. The summed E-state index contributed by atoms with van der Waals surface area (Å²) in [5, 5.41) is 3.77. The normalized spacial score (nSPS) is 33.6. The van der Waals surface area contributed by atoms with Crippen molar-refractivity contribution in [3.63, 3.8) is 0 Å². The van der Waals surface area contributed by atoms with Crippen LogP contribution in [0.25, 0.3) is 0 Å². The van der Waals surface area contributed by atoms with Gasteiger partial charge in [-0.3, -0.25) is 9.78 Å². The van der Waals surface area contributed by atoms with Crippen LogP contribution in [0.5, 0.6) is 0 Å². The molecule has 7 nitrogen and oxygen atoms in total. The van der Waals surface area contributed by atoms with Crippen LogP contribution in [-0.2, 0) is 33.4 Å². The summed E-state index contributed by atoms with van der Waals surface area (Å²) in [4.78, 5) is 22.3. The molecule has 10 heteroatoms. The fourth-order valence-corrected chi connectivity index (χ4v) is 6.68. The summed E-state index contributed by atoms with van der Waals surface area (Å²) in [5.41, 5.74) is -0.0909. The molecule has 0 spiro atoms. The fraction of sp³-hybridized carbons (Fsp3) is 0.760. The number of nitrogens with zero attached hydrogens (tertiary/aromatic N) is 3. The summed E-state index contributed by atoms with van der Waals surface area (Å²) in [6.07, 6.45) is -0.532. The number of hydrogen-bond donors (Lipinski definition) is 1. The second-order valence-electron chi connectivity index (χ2n) is 10.5. The van der Waals surface area contributed by atoms with Gasteiger partial charge in [0.2, 0.25) is 5.91 Å². The monoisotopic (exact) mass is 496 g/mol. The first-order valence-corrected chi connectivity index (χ1v) is 12.7. The topological polar surface area (TPSA) is 66.9 Å². The largest absolute Gasteiger partial charge is 0.417 e. The zero-order valence-corrected chi connectivity index (χ0v) is 20.4. The molecule has 194 valence electrons. The molecule has 0 radical (unpaired) electrons. The van der Waals surface area contributed by atoms with Crippen LogP contribution < -0.4 is 5.32 Å². The average molecular weight is 497 g/mol. The number of methoxy groups -OCH3 is 1. The molecule has 4 aliphatic rings. The van der Waals surface area contributed by atoms with E-state index in [-0.39, 0.29) is 36.6 Å². The Labute approximate surface area is 204 Å². The Morgan fingerprint density at radius 3 is 2.97 bits per heavy atom. The molecule has 1 amide bonds. The summed E-state index contributed by atoms with van der Waals surface area (Å²) in [7, 11) is 1.70. The van der Waals surface area contributed by atoms with Crippen molar-refractivity contribution in [1.82, 2.24) is 20.1 Å².